The predicted octanol–water partition coefficient (Wildman–Crippen LogP) is 4.63. The van der Waals surface area contributed by atoms with Crippen LogP contribution in [-0.4, -0.2) is 20.4 Å². The van der Waals surface area contributed by atoms with Gasteiger partial charge >= 0.3 is 0 Å². The molecular weight excluding hydrogens is 396 g/mol. The van der Waals surface area contributed by atoms with Gasteiger partial charge in [0.15, 0.2) is 0 Å². The smallest absolute Gasteiger partial charge is 0.261 e. The molecule has 0 bridgehead atoms. The molecule has 1 aliphatic rings. The van der Waals surface area contributed by atoms with Crippen LogP contribution >= 0.6 is 0 Å². The van der Waals surface area contributed by atoms with Crippen LogP contribution in [0, 0.1) is 0 Å². The fraction of sp³-hybridized carbons (Fsp3) is 0.292. The Morgan fingerprint density at radius 2 is 1.57 bits per heavy atom. The molecule has 0 radical (unpaired) electrons. The highest BCUT2D eigenvalue weighted by atomic mass is 32.2. The molecule has 6 heteroatoms. The van der Waals surface area contributed by atoms with E-state index in [0.29, 0.717) is 18.2 Å². The lowest BCUT2D eigenvalue weighted by molar-refractivity contribution is -0.121. The summed E-state index contributed by atoms with van der Waals surface area (Å²) >= 11 is 0. The van der Waals surface area contributed by atoms with Crippen molar-refractivity contribution < 1.29 is 13.2 Å². The number of amides is 1. The number of carbonyl (C=O) groups excluding carboxylic acids is 1. The Kier molecular flexibility index (Phi) is 6.04. The molecule has 2 N–H and O–H groups in total. The van der Waals surface area contributed by atoms with E-state index in [4.69, 9.17) is 0 Å². The largest absolute Gasteiger partial charge is 0.353 e. The topological polar surface area (TPSA) is 75.3 Å². The molecule has 1 amide bonds. The van der Waals surface area contributed by atoms with Crippen LogP contribution < -0.4 is 10.0 Å². The van der Waals surface area contributed by atoms with Crippen molar-refractivity contribution in [3.63, 3.8) is 0 Å². The van der Waals surface area contributed by atoms with Crippen LogP contribution in [0.1, 0.15) is 37.7 Å². The van der Waals surface area contributed by atoms with E-state index in [1.807, 2.05) is 24.3 Å². The Morgan fingerprint density at radius 1 is 0.867 bits per heavy atom. The second-order valence-corrected chi connectivity index (χ2v) is 9.57. The van der Waals surface area contributed by atoms with Gasteiger partial charge in [0.05, 0.1) is 11.3 Å². The first kappa shape index (κ1) is 20.4. The van der Waals surface area contributed by atoms with Gasteiger partial charge in [-0.1, -0.05) is 61.7 Å². The third-order valence-electron chi connectivity index (χ3n) is 5.57. The molecule has 1 saturated carbocycles. The first-order valence-electron chi connectivity index (χ1n) is 10.4. The molecule has 0 spiro atoms. The fourth-order valence-corrected chi connectivity index (χ4v) is 5.04. The van der Waals surface area contributed by atoms with Gasteiger partial charge in [0.1, 0.15) is 0 Å². The van der Waals surface area contributed by atoms with Crippen LogP contribution in [0.5, 0.6) is 0 Å². The number of carbonyl (C=O) groups is 1. The van der Waals surface area contributed by atoms with Gasteiger partial charge in [-0.05, 0) is 53.4 Å². The van der Waals surface area contributed by atoms with E-state index >= 15 is 0 Å². The van der Waals surface area contributed by atoms with E-state index in [-0.39, 0.29) is 10.8 Å². The molecule has 0 saturated heterocycles. The lowest BCUT2D eigenvalue weighted by Crippen LogP contribution is -2.37. The molecular formula is C24H26N2O3S. The van der Waals surface area contributed by atoms with Crippen molar-refractivity contribution in [3.8, 4) is 0 Å². The monoisotopic (exact) mass is 422 g/mol. The normalized spacial score (nSPS) is 15.1. The maximum atomic E-state index is 12.8. The summed E-state index contributed by atoms with van der Waals surface area (Å²) < 4.78 is 28.1. The third kappa shape index (κ3) is 5.00. The Hall–Kier alpha value is -2.86. The van der Waals surface area contributed by atoms with Crippen molar-refractivity contribution in [2.24, 2.45) is 0 Å². The Morgan fingerprint density at radius 3 is 2.30 bits per heavy atom. The average Bonchev–Trinajstić information content (AvgIpc) is 2.75. The number of benzene rings is 3. The van der Waals surface area contributed by atoms with Crippen LogP contribution in [-0.2, 0) is 21.2 Å². The molecule has 3 aromatic carbocycles. The number of fused-ring (bicyclic) bond motifs is 1. The van der Waals surface area contributed by atoms with Crippen molar-refractivity contribution in [3.05, 3.63) is 72.3 Å². The molecule has 0 aliphatic heterocycles. The van der Waals surface area contributed by atoms with Crippen molar-refractivity contribution in [2.75, 3.05) is 4.72 Å². The van der Waals surface area contributed by atoms with E-state index in [1.54, 1.807) is 42.5 Å². The van der Waals surface area contributed by atoms with Crippen molar-refractivity contribution in [2.45, 2.75) is 49.5 Å². The lowest BCUT2D eigenvalue weighted by atomic mass is 9.95. The summed E-state index contributed by atoms with van der Waals surface area (Å²) in [5.74, 6) is 0.0198. The molecule has 1 fully saturated rings. The SMILES string of the molecule is O=C(Cc1ccc(NS(=O)(=O)c2ccc3ccccc3c2)cc1)NC1CCCCC1. The average molecular weight is 423 g/mol. The minimum atomic E-state index is -3.69. The summed E-state index contributed by atoms with van der Waals surface area (Å²) in [5.41, 5.74) is 1.33. The summed E-state index contributed by atoms with van der Waals surface area (Å²) in [7, 11) is -3.69. The van der Waals surface area contributed by atoms with Gasteiger partial charge in [-0.25, -0.2) is 8.42 Å². The molecule has 0 unspecified atom stereocenters. The first-order valence-corrected chi connectivity index (χ1v) is 11.9. The van der Waals surface area contributed by atoms with Gasteiger partial charge in [0.25, 0.3) is 10.0 Å². The molecule has 0 aromatic heterocycles. The van der Waals surface area contributed by atoms with Crippen molar-refractivity contribution in [1.82, 2.24) is 5.32 Å². The van der Waals surface area contributed by atoms with Gasteiger partial charge in [-0.3, -0.25) is 9.52 Å². The highest BCUT2D eigenvalue weighted by molar-refractivity contribution is 7.92. The zero-order valence-corrected chi connectivity index (χ0v) is 17.6. The third-order valence-corrected chi connectivity index (χ3v) is 6.95. The van der Waals surface area contributed by atoms with E-state index in [9.17, 15) is 13.2 Å². The molecule has 4 rings (SSSR count). The number of nitrogens with one attached hydrogen (secondary N) is 2. The summed E-state index contributed by atoms with van der Waals surface area (Å²) in [4.78, 5) is 12.5. The highest BCUT2D eigenvalue weighted by Gasteiger charge is 2.17. The predicted molar refractivity (Wildman–Crippen MR) is 120 cm³/mol. The zero-order chi connectivity index (χ0) is 21.0. The Balaban J connectivity index is 1.40. The standard InChI is InChI=1S/C24H26N2O3S/c27-24(25-21-8-2-1-3-9-21)16-18-10-13-22(14-11-18)26-30(28,29)23-15-12-19-6-4-5-7-20(19)17-23/h4-7,10-15,17,21,26H,1-3,8-9,16H2,(H,25,27). The van der Waals surface area contributed by atoms with Crippen LogP contribution in [0.4, 0.5) is 5.69 Å². The van der Waals surface area contributed by atoms with Crippen LogP contribution in [0.2, 0.25) is 0 Å². The Bertz CT molecular complexity index is 1130. The van der Waals surface area contributed by atoms with Crippen LogP contribution in [0.15, 0.2) is 71.6 Å². The summed E-state index contributed by atoms with van der Waals surface area (Å²) in [5, 5.41) is 4.97. The minimum absolute atomic E-state index is 0.0198. The molecule has 156 valence electrons. The zero-order valence-electron chi connectivity index (χ0n) is 16.8. The maximum absolute atomic E-state index is 12.8. The Labute approximate surface area is 177 Å². The molecule has 5 nitrogen and oxygen atoms in total. The summed E-state index contributed by atoms with van der Waals surface area (Å²) in [6.45, 7) is 0. The number of anilines is 1. The number of sulfonamides is 1. The number of rotatable bonds is 6. The fourth-order valence-electron chi connectivity index (χ4n) is 3.95. The molecule has 0 heterocycles. The van der Waals surface area contributed by atoms with Gasteiger partial charge in [0, 0.05) is 11.7 Å². The van der Waals surface area contributed by atoms with Crippen molar-refractivity contribution >= 4 is 32.4 Å². The summed E-state index contributed by atoms with van der Waals surface area (Å²) in [6, 6.07) is 20.0. The van der Waals surface area contributed by atoms with E-state index in [1.165, 1.54) is 19.3 Å². The minimum Gasteiger partial charge on any atom is -0.353 e. The molecule has 0 atom stereocenters. The number of hydrogen-bond acceptors (Lipinski definition) is 3. The van der Waals surface area contributed by atoms with E-state index in [0.717, 1.165) is 29.2 Å². The quantitative estimate of drug-likeness (QED) is 0.608. The molecule has 3 aromatic rings. The first-order chi connectivity index (χ1) is 14.5. The van der Waals surface area contributed by atoms with Gasteiger partial charge < -0.3 is 5.32 Å². The van der Waals surface area contributed by atoms with E-state index in [2.05, 4.69) is 10.0 Å². The van der Waals surface area contributed by atoms with Gasteiger partial charge in [-0.2, -0.15) is 0 Å². The molecule has 1 aliphatic carbocycles. The number of hydrogen-bond donors (Lipinski definition) is 2. The van der Waals surface area contributed by atoms with Gasteiger partial charge in [0.2, 0.25) is 5.91 Å². The second kappa shape index (κ2) is 8.88. The highest BCUT2D eigenvalue weighted by Crippen LogP contribution is 2.22. The maximum Gasteiger partial charge on any atom is 0.261 e. The lowest BCUT2D eigenvalue weighted by Gasteiger charge is -2.22. The molecule has 30 heavy (non-hydrogen) atoms. The van der Waals surface area contributed by atoms with E-state index < -0.39 is 10.0 Å². The second-order valence-electron chi connectivity index (χ2n) is 7.89. The summed E-state index contributed by atoms with van der Waals surface area (Å²) in [6.07, 6.45) is 6.02. The van der Waals surface area contributed by atoms with Crippen LogP contribution in [0.25, 0.3) is 10.8 Å². The van der Waals surface area contributed by atoms with Crippen molar-refractivity contribution in [1.29, 1.82) is 0 Å². The van der Waals surface area contributed by atoms with Crippen LogP contribution in [0.3, 0.4) is 0 Å². The van der Waals surface area contributed by atoms with Gasteiger partial charge in [-0.15, -0.1) is 0 Å².